The van der Waals surface area contributed by atoms with Gasteiger partial charge in [-0.15, -0.1) is 6.54 Å². The van der Waals surface area contributed by atoms with Crippen LogP contribution in [-0.4, -0.2) is 24.7 Å². The molecule has 4 heteroatoms. The minimum absolute atomic E-state index is 0. The van der Waals surface area contributed by atoms with Crippen molar-refractivity contribution in [1.82, 2.24) is 5.32 Å². The van der Waals surface area contributed by atoms with Gasteiger partial charge in [-0.1, -0.05) is 70.4 Å². The van der Waals surface area contributed by atoms with E-state index in [1.807, 2.05) is 7.05 Å². The first-order chi connectivity index (χ1) is 11.7. The van der Waals surface area contributed by atoms with E-state index in [1.165, 1.54) is 70.6 Å². The second kappa shape index (κ2) is 29.0. The minimum Gasteiger partial charge on any atom is -0.481 e. The smallest absolute Gasteiger partial charge is 0.481 e. The molecule has 0 bridgehead atoms. The molecular formula is C21H42NNaO2. The summed E-state index contributed by atoms with van der Waals surface area (Å²) in [6.07, 6.45) is 21.2. The summed E-state index contributed by atoms with van der Waals surface area (Å²) in [6, 6.07) is 0. The van der Waals surface area contributed by atoms with Gasteiger partial charge in [0.15, 0.2) is 0 Å². The summed E-state index contributed by atoms with van der Waals surface area (Å²) in [7, 11) is 1.87. The Morgan fingerprint density at radius 1 is 0.880 bits per heavy atom. The zero-order valence-electron chi connectivity index (χ0n) is 17.3. The molecular weight excluding hydrogens is 321 g/mol. The van der Waals surface area contributed by atoms with E-state index < -0.39 is 5.97 Å². The number of aliphatic carboxylic acids is 1. The van der Waals surface area contributed by atoms with Gasteiger partial charge in [0.25, 0.3) is 0 Å². The second-order valence-corrected chi connectivity index (χ2v) is 6.33. The third-order valence-corrected chi connectivity index (χ3v) is 3.90. The van der Waals surface area contributed by atoms with E-state index >= 15 is 0 Å². The van der Waals surface area contributed by atoms with Crippen LogP contribution in [0.3, 0.4) is 0 Å². The summed E-state index contributed by atoms with van der Waals surface area (Å²) >= 11 is 0. The van der Waals surface area contributed by atoms with Crippen molar-refractivity contribution >= 4 is 5.97 Å². The molecule has 0 heterocycles. The molecule has 0 unspecified atom stereocenters. The van der Waals surface area contributed by atoms with E-state index in [2.05, 4.69) is 31.3 Å². The van der Waals surface area contributed by atoms with Crippen molar-refractivity contribution in [2.24, 2.45) is 0 Å². The van der Waals surface area contributed by atoms with Crippen LogP contribution in [0.2, 0.25) is 0 Å². The quantitative estimate of drug-likeness (QED) is 0.192. The van der Waals surface area contributed by atoms with Crippen LogP contribution in [0, 0.1) is 6.92 Å². The number of unbranched alkanes of at least 4 members (excludes halogenated alkanes) is 11. The van der Waals surface area contributed by atoms with Crippen molar-refractivity contribution in [1.29, 1.82) is 0 Å². The Morgan fingerprint density at radius 2 is 1.28 bits per heavy atom. The predicted octanol–water partition coefficient (Wildman–Crippen LogP) is 3.15. The van der Waals surface area contributed by atoms with E-state index in [4.69, 9.17) is 5.11 Å². The number of nitrogens with one attached hydrogen (secondary N) is 1. The summed E-state index contributed by atoms with van der Waals surface area (Å²) in [6.45, 7) is 6.57. The molecule has 0 amide bonds. The van der Waals surface area contributed by atoms with Crippen LogP contribution in [0.15, 0.2) is 12.2 Å². The summed E-state index contributed by atoms with van der Waals surface area (Å²) in [5.41, 5.74) is 0. The molecule has 0 rings (SSSR count). The molecule has 0 atom stereocenters. The van der Waals surface area contributed by atoms with E-state index in [0.29, 0.717) is 6.42 Å². The fourth-order valence-electron chi connectivity index (χ4n) is 2.35. The van der Waals surface area contributed by atoms with Crippen LogP contribution in [0.4, 0.5) is 0 Å². The fourth-order valence-corrected chi connectivity index (χ4v) is 2.35. The first-order valence-electron chi connectivity index (χ1n) is 9.99. The molecule has 2 N–H and O–H groups in total. The summed E-state index contributed by atoms with van der Waals surface area (Å²) in [5, 5.41) is 11.3. The third kappa shape index (κ3) is 36.0. The Hall–Kier alpha value is 0.170. The maximum absolute atomic E-state index is 10.3. The number of rotatable bonds is 16. The monoisotopic (exact) mass is 363 g/mol. The molecule has 0 saturated carbocycles. The third-order valence-electron chi connectivity index (χ3n) is 3.90. The molecule has 144 valence electrons. The van der Waals surface area contributed by atoms with Crippen LogP contribution < -0.4 is 34.9 Å². The van der Waals surface area contributed by atoms with E-state index in [1.54, 1.807) is 0 Å². The number of carboxylic acid groups (broad SMARTS) is 1. The SMILES string of the molecule is CCCCCCCC/C=C\CCCCCCCC(=O)O.[CH2-]CNC.[Na+]. The summed E-state index contributed by atoms with van der Waals surface area (Å²) < 4.78 is 0. The zero-order chi connectivity index (χ0) is 18.3. The van der Waals surface area contributed by atoms with Crippen LogP contribution in [0.5, 0.6) is 0 Å². The average molecular weight is 364 g/mol. The largest absolute Gasteiger partial charge is 1.00 e. The molecule has 0 aromatic heterocycles. The van der Waals surface area contributed by atoms with E-state index in [0.717, 1.165) is 19.4 Å². The molecule has 0 fully saturated rings. The van der Waals surface area contributed by atoms with Crippen molar-refractivity contribution in [2.75, 3.05) is 13.6 Å². The molecule has 0 saturated heterocycles. The second-order valence-electron chi connectivity index (χ2n) is 6.33. The molecule has 0 aliphatic carbocycles. The Morgan fingerprint density at radius 3 is 1.68 bits per heavy atom. The van der Waals surface area contributed by atoms with Crippen molar-refractivity contribution in [3.05, 3.63) is 19.1 Å². The van der Waals surface area contributed by atoms with Crippen molar-refractivity contribution in [3.63, 3.8) is 0 Å². The normalized spacial score (nSPS) is 10.2. The molecule has 0 aromatic carbocycles. The number of hydrogen-bond donors (Lipinski definition) is 2. The van der Waals surface area contributed by atoms with Gasteiger partial charge in [-0.05, 0) is 39.2 Å². The minimum atomic E-state index is -0.664. The molecule has 0 aliphatic heterocycles. The molecule has 3 nitrogen and oxygen atoms in total. The molecule has 0 spiro atoms. The van der Waals surface area contributed by atoms with Gasteiger partial charge in [0.05, 0.1) is 0 Å². The van der Waals surface area contributed by atoms with Gasteiger partial charge in [-0.2, -0.15) is 0 Å². The van der Waals surface area contributed by atoms with Gasteiger partial charge in [0, 0.05) is 6.42 Å². The standard InChI is InChI=1S/C18H34O2.C3H8N.Na/c1-2-3-4-5-6-7-8-9-10-11-12-13-14-15-16-17-18(19)20;1-3-4-2;/h9-10H,2-8,11-17H2,1H3,(H,19,20);4H,1,3H2,2H3;/q;-1;+1/b10-9-;;. The molecule has 25 heavy (non-hydrogen) atoms. The van der Waals surface area contributed by atoms with Crippen molar-refractivity contribution in [3.8, 4) is 0 Å². The Kier molecular flexibility index (Phi) is 34.6. The Labute approximate surface area is 179 Å². The van der Waals surface area contributed by atoms with Crippen molar-refractivity contribution in [2.45, 2.75) is 96.8 Å². The maximum atomic E-state index is 10.3. The first-order valence-corrected chi connectivity index (χ1v) is 9.99. The van der Waals surface area contributed by atoms with Crippen LogP contribution in [-0.2, 0) is 4.79 Å². The maximum Gasteiger partial charge on any atom is 1.00 e. The fraction of sp³-hybridized carbons (Fsp3) is 0.810. The average Bonchev–Trinajstić information content (AvgIpc) is 2.58. The molecule has 0 aromatic rings. The molecule has 0 aliphatic rings. The number of allylic oxidation sites excluding steroid dienone is 2. The van der Waals surface area contributed by atoms with Gasteiger partial charge >= 0.3 is 35.5 Å². The van der Waals surface area contributed by atoms with E-state index in [-0.39, 0.29) is 29.6 Å². The van der Waals surface area contributed by atoms with Crippen LogP contribution in [0.1, 0.15) is 96.8 Å². The van der Waals surface area contributed by atoms with Crippen molar-refractivity contribution < 1.29 is 39.5 Å². The first kappa shape index (κ1) is 29.9. The van der Waals surface area contributed by atoms with Gasteiger partial charge in [-0.25, -0.2) is 0 Å². The number of carbonyl (C=O) groups is 1. The summed E-state index contributed by atoms with van der Waals surface area (Å²) in [4.78, 5) is 10.3. The number of hydrogen-bond acceptors (Lipinski definition) is 2. The van der Waals surface area contributed by atoms with Gasteiger partial charge in [0.2, 0.25) is 0 Å². The summed E-state index contributed by atoms with van der Waals surface area (Å²) in [5.74, 6) is -0.664. The van der Waals surface area contributed by atoms with Gasteiger partial charge < -0.3 is 17.3 Å². The van der Waals surface area contributed by atoms with Crippen LogP contribution in [0.25, 0.3) is 0 Å². The molecule has 0 radical (unpaired) electrons. The predicted molar refractivity (Wildman–Crippen MR) is 106 cm³/mol. The number of carboxylic acids is 1. The van der Waals surface area contributed by atoms with E-state index in [9.17, 15) is 4.79 Å². The Balaban J connectivity index is -0.000000867. The van der Waals surface area contributed by atoms with Gasteiger partial charge in [0.1, 0.15) is 0 Å². The van der Waals surface area contributed by atoms with Gasteiger partial charge in [-0.3, -0.25) is 4.79 Å². The Bertz CT molecular complexity index is 269. The zero-order valence-corrected chi connectivity index (χ0v) is 19.3. The van der Waals surface area contributed by atoms with Crippen LogP contribution >= 0.6 is 0 Å². The topological polar surface area (TPSA) is 49.3 Å².